The van der Waals surface area contributed by atoms with Crippen molar-refractivity contribution in [2.45, 2.75) is 40.1 Å². The lowest BCUT2D eigenvalue weighted by Crippen LogP contribution is -2.24. The summed E-state index contributed by atoms with van der Waals surface area (Å²) in [7, 11) is 0. The maximum atomic E-state index is 5.68. The van der Waals surface area contributed by atoms with E-state index >= 15 is 0 Å². The quantitative estimate of drug-likeness (QED) is 0.553. The fourth-order valence-electron chi connectivity index (χ4n) is 0.992. The monoisotopic (exact) mass is 298 g/mol. The molecule has 0 saturated carbocycles. The molecule has 0 aromatic heterocycles. The van der Waals surface area contributed by atoms with Crippen LogP contribution in [-0.2, 0) is 9.47 Å². The molecular formula is C10H19IO2. The molecule has 0 aliphatic rings. The van der Waals surface area contributed by atoms with Crippen LogP contribution in [0.1, 0.15) is 27.7 Å². The van der Waals surface area contributed by atoms with E-state index in [0.29, 0.717) is 12.5 Å². The third-order valence-corrected chi connectivity index (χ3v) is 2.08. The lowest BCUT2D eigenvalue weighted by atomic mass is 10.1. The van der Waals surface area contributed by atoms with Crippen LogP contribution < -0.4 is 0 Å². The van der Waals surface area contributed by atoms with Crippen molar-refractivity contribution in [2.24, 2.45) is 5.92 Å². The van der Waals surface area contributed by atoms with Gasteiger partial charge in [0, 0.05) is 6.61 Å². The molecule has 0 aliphatic heterocycles. The Morgan fingerprint density at radius 2 is 1.92 bits per heavy atom. The molecule has 0 N–H and O–H groups in total. The summed E-state index contributed by atoms with van der Waals surface area (Å²) in [5.74, 6) is 0.480. The molecular weight excluding hydrogens is 279 g/mol. The van der Waals surface area contributed by atoms with Gasteiger partial charge in [0.15, 0.2) is 6.29 Å². The van der Waals surface area contributed by atoms with E-state index in [0.717, 1.165) is 0 Å². The van der Waals surface area contributed by atoms with Gasteiger partial charge in [-0.25, -0.2) is 0 Å². The third-order valence-electron chi connectivity index (χ3n) is 1.67. The van der Waals surface area contributed by atoms with Crippen LogP contribution in [0.25, 0.3) is 0 Å². The Hall–Kier alpha value is 0.390. The van der Waals surface area contributed by atoms with Crippen molar-refractivity contribution in [3.05, 3.63) is 10.2 Å². The molecule has 0 bridgehead atoms. The van der Waals surface area contributed by atoms with Gasteiger partial charge in [-0.15, -0.1) is 0 Å². The first-order valence-corrected chi connectivity index (χ1v) is 5.90. The van der Waals surface area contributed by atoms with Gasteiger partial charge < -0.3 is 9.47 Å². The molecule has 0 aromatic rings. The Morgan fingerprint density at radius 3 is 2.31 bits per heavy atom. The molecule has 13 heavy (non-hydrogen) atoms. The third kappa shape index (κ3) is 6.46. The van der Waals surface area contributed by atoms with Crippen molar-refractivity contribution in [3.8, 4) is 0 Å². The molecule has 0 aliphatic carbocycles. The summed E-state index contributed by atoms with van der Waals surface area (Å²) < 4.78 is 13.0. The van der Waals surface area contributed by atoms with Gasteiger partial charge in [0.05, 0.1) is 6.10 Å². The lowest BCUT2D eigenvalue weighted by Gasteiger charge is -2.22. The van der Waals surface area contributed by atoms with Crippen molar-refractivity contribution in [1.82, 2.24) is 0 Å². The molecule has 1 unspecified atom stereocenters. The van der Waals surface area contributed by atoms with Crippen LogP contribution in [0.2, 0.25) is 0 Å². The van der Waals surface area contributed by atoms with Crippen LogP contribution in [0.4, 0.5) is 0 Å². The van der Waals surface area contributed by atoms with Crippen molar-refractivity contribution >= 4 is 22.6 Å². The summed E-state index contributed by atoms with van der Waals surface area (Å²) in [6, 6.07) is 0. The molecule has 0 spiro atoms. The molecule has 0 saturated heterocycles. The average Bonchev–Trinajstić information content (AvgIpc) is 2.04. The molecule has 3 heteroatoms. The number of hydrogen-bond acceptors (Lipinski definition) is 2. The van der Waals surface area contributed by atoms with Gasteiger partial charge in [0.25, 0.3) is 0 Å². The van der Waals surface area contributed by atoms with Gasteiger partial charge in [-0.3, -0.25) is 0 Å². The van der Waals surface area contributed by atoms with Crippen molar-refractivity contribution < 1.29 is 9.47 Å². The van der Waals surface area contributed by atoms with Crippen LogP contribution in [0.15, 0.2) is 10.2 Å². The summed E-state index contributed by atoms with van der Waals surface area (Å²) in [5, 5.41) is 0. The first kappa shape index (κ1) is 13.4. The molecule has 0 rings (SSSR count). The minimum absolute atomic E-state index is 0.120. The predicted octanol–water partition coefficient (Wildman–Crippen LogP) is 3.36. The van der Waals surface area contributed by atoms with Gasteiger partial charge in [-0.2, -0.15) is 0 Å². The van der Waals surface area contributed by atoms with E-state index in [2.05, 4.69) is 42.5 Å². The Kier molecular flexibility index (Phi) is 8.00. The van der Waals surface area contributed by atoms with E-state index in [1.165, 1.54) is 0 Å². The molecule has 2 nitrogen and oxygen atoms in total. The average molecular weight is 298 g/mol. The minimum Gasteiger partial charge on any atom is -0.353 e. The van der Waals surface area contributed by atoms with E-state index in [1.807, 2.05) is 17.9 Å². The first-order valence-electron chi connectivity index (χ1n) is 4.65. The lowest BCUT2D eigenvalue weighted by molar-refractivity contribution is -0.154. The zero-order valence-electron chi connectivity index (χ0n) is 8.79. The van der Waals surface area contributed by atoms with Crippen LogP contribution in [0, 0.1) is 5.92 Å². The number of ether oxygens (including phenoxy) is 2. The molecule has 0 fully saturated rings. The molecule has 0 radical (unpaired) electrons. The second-order valence-electron chi connectivity index (χ2n) is 3.19. The fraction of sp³-hybridized carbons (Fsp3) is 0.800. The second-order valence-corrected chi connectivity index (χ2v) is 3.91. The highest BCUT2D eigenvalue weighted by atomic mass is 127. The smallest absolute Gasteiger partial charge is 0.155 e. The Morgan fingerprint density at radius 1 is 1.31 bits per heavy atom. The van der Waals surface area contributed by atoms with Crippen LogP contribution in [0.3, 0.4) is 0 Å². The number of hydrogen-bond donors (Lipinski definition) is 0. The minimum atomic E-state index is -0.120. The maximum Gasteiger partial charge on any atom is 0.155 e. The van der Waals surface area contributed by atoms with E-state index in [9.17, 15) is 0 Å². The zero-order chi connectivity index (χ0) is 10.3. The van der Waals surface area contributed by atoms with Gasteiger partial charge in [0.2, 0.25) is 0 Å². The molecule has 0 heterocycles. The summed E-state index contributed by atoms with van der Waals surface area (Å²) >= 11 is 2.20. The van der Waals surface area contributed by atoms with Crippen molar-refractivity contribution in [2.75, 3.05) is 6.61 Å². The van der Waals surface area contributed by atoms with Crippen LogP contribution in [-0.4, -0.2) is 19.0 Å². The SMILES string of the molecule is CCOC(C)O[C@@H](/C=C/I)C(C)C. The predicted molar refractivity (Wildman–Crippen MR) is 64.0 cm³/mol. The largest absolute Gasteiger partial charge is 0.353 e. The number of rotatable bonds is 6. The topological polar surface area (TPSA) is 18.5 Å². The first-order chi connectivity index (χ1) is 6.11. The Bertz CT molecular complexity index is 146. The molecule has 0 aromatic carbocycles. The summed E-state index contributed by atoms with van der Waals surface area (Å²) in [6.07, 6.45) is 2.09. The Labute approximate surface area is 94.8 Å². The highest BCUT2D eigenvalue weighted by Crippen LogP contribution is 2.12. The molecule has 2 atom stereocenters. The normalized spacial score (nSPS) is 16.8. The van der Waals surface area contributed by atoms with Gasteiger partial charge in [0.1, 0.15) is 0 Å². The number of halogens is 1. The van der Waals surface area contributed by atoms with Gasteiger partial charge in [-0.05, 0) is 29.9 Å². The van der Waals surface area contributed by atoms with Crippen LogP contribution >= 0.6 is 22.6 Å². The maximum absolute atomic E-state index is 5.68. The highest BCUT2D eigenvalue weighted by molar-refractivity contribution is 14.1. The van der Waals surface area contributed by atoms with Crippen LogP contribution in [0.5, 0.6) is 0 Å². The molecule has 0 amide bonds. The van der Waals surface area contributed by atoms with Crippen molar-refractivity contribution in [1.29, 1.82) is 0 Å². The molecule has 78 valence electrons. The van der Waals surface area contributed by atoms with E-state index < -0.39 is 0 Å². The Balaban J connectivity index is 3.94. The van der Waals surface area contributed by atoms with E-state index in [-0.39, 0.29) is 12.4 Å². The van der Waals surface area contributed by atoms with E-state index in [4.69, 9.17) is 9.47 Å². The second kappa shape index (κ2) is 7.76. The summed E-state index contributed by atoms with van der Waals surface area (Å²) in [6.45, 7) is 8.87. The van der Waals surface area contributed by atoms with Crippen molar-refractivity contribution in [3.63, 3.8) is 0 Å². The van der Waals surface area contributed by atoms with Gasteiger partial charge in [-0.1, -0.05) is 36.4 Å². The fourth-order valence-corrected chi connectivity index (χ4v) is 1.40. The zero-order valence-corrected chi connectivity index (χ0v) is 10.9. The highest BCUT2D eigenvalue weighted by Gasteiger charge is 2.13. The summed E-state index contributed by atoms with van der Waals surface area (Å²) in [4.78, 5) is 0. The van der Waals surface area contributed by atoms with Gasteiger partial charge >= 0.3 is 0 Å². The summed E-state index contributed by atoms with van der Waals surface area (Å²) in [5.41, 5.74) is 0. The standard InChI is InChI=1S/C10H19IO2/c1-5-12-9(4)13-10(6-7-11)8(2)3/h6-10H,5H2,1-4H3/b7-6+/t9?,10-/m0/s1. The van der Waals surface area contributed by atoms with E-state index in [1.54, 1.807) is 0 Å².